The Hall–Kier alpha value is -1.84. The highest BCUT2D eigenvalue weighted by Gasteiger charge is 2.21. The number of aromatic nitrogens is 2. The Morgan fingerprint density at radius 2 is 2.32 bits per heavy atom. The van der Waals surface area contributed by atoms with Gasteiger partial charge < -0.3 is 5.32 Å². The number of rotatable bonds is 5. The molecule has 19 heavy (non-hydrogen) atoms. The van der Waals surface area contributed by atoms with E-state index >= 15 is 0 Å². The van der Waals surface area contributed by atoms with Gasteiger partial charge in [-0.25, -0.2) is 0 Å². The highest BCUT2D eigenvalue weighted by atomic mass is 16.1. The number of hydrogen-bond acceptors (Lipinski definition) is 2. The maximum Gasteiger partial charge on any atom is 0.221 e. The van der Waals surface area contributed by atoms with E-state index in [1.165, 1.54) is 18.4 Å². The molecule has 1 aromatic heterocycles. The van der Waals surface area contributed by atoms with E-state index in [1.54, 1.807) is 0 Å². The molecule has 0 spiro atoms. The molecule has 0 atom stereocenters. The molecule has 1 aliphatic rings. The molecular formula is C15H19N3O. The molecule has 0 saturated heterocycles. The van der Waals surface area contributed by atoms with Crippen LogP contribution in [0.25, 0.3) is 10.9 Å². The van der Waals surface area contributed by atoms with Crippen LogP contribution >= 0.6 is 0 Å². The van der Waals surface area contributed by atoms with Gasteiger partial charge in [-0.05, 0) is 37.3 Å². The molecule has 0 bridgehead atoms. The van der Waals surface area contributed by atoms with Gasteiger partial charge in [-0.2, -0.15) is 5.10 Å². The summed E-state index contributed by atoms with van der Waals surface area (Å²) in [6.07, 6.45) is 4.89. The fourth-order valence-electron chi connectivity index (χ4n) is 2.23. The van der Waals surface area contributed by atoms with E-state index in [4.69, 9.17) is 0 Å². The molecule has 1 aromatic carbocycles. The van der Waals surface area contributed by atoms with Crippen LogP contribution in [-0.2, 0) is 11.3 Å². The first-order valence-electron chi connectivity index (χ1n) is 6.91. The molecule has 4 heteroatoms. The predicted octanol–water partition coefficient (Wildman–Crippen LogP) is 2.26. The first-order chi connectivity index (χ1) is 9.22. The summed E-state index contributed by atoms with van der Waals surface area (Å²) in [7, 11) is 0. The lowest BCUT2D eigenvalue weighted by atomic mass is 10.2. The van der Waals surface area contributed by atoms with E-state index in [9.17, 15) is 4.79 Å². The zero-order chi connectivity index (χ0) is 13.2. The molecule has 1 N–H and O–H groups in total. The van der Waals surface area contributed by atoms with Crippen molar-refractivity contribution in [2.24, 2.45) is 5.92 Å². The molecule has 1 amide bonds. The summed E-state index contributed by atoms with van der Waals surface area (Å²) in [5, 5.41) is 8.47. The molecule has 0 radical (unpaired) electrons. The van der Waals surface area contributed by atoms with E-state index in [0.29, 0.717) is 13.0 Å². The van der Waals surface area contributed by atoms with Crippen molar-refractivity contribution in [3.05, 3.63) is 30.0 Å². The molecule has 100 valence electrons. The zero-order valence-corrected chi connectivity index (χ0v) is 11.2. The lowest BCUT2D eigenvalue weighted by Crippen LogP contribution is -2.26. The topological polar surface area (TPSA) is 46.9 Å². The summed E-state index contributed by atoms with van der Waals surface area (Å²) in [5.41, 5.74) is 2.32. The van der Waals surface area contributed by atoms with Crippen LogP contribution in [0.15, 0.2) is 24.4 Å². The summed E-state index contributed by atoms with van der Waals surface area (Å²) in [6, 6.07) is 6.27. The molecule has 0 unspecified atom stereocenters. The average Bonchev–Trinajstić information content (AvgIpc) is 3.15. The fourth-order valence-corrected chi connectivity index (χ4v) is 2.23. The summed E-state index contributed by atoms with van der Waals surface area (Å²) < 4.78 is 1.92. The van der Waals surface area contributed by atoms with Gasteiger partial charge in [0.1, 0.15) is 0 Å². The number of fused-ring (bicyclic) bond motifs is 1. The van der Waals surface area contributed by atoms with E-state index in [2.05, 4.69) is 35.5 Å². The third-order valence-corrected chi connectivity index (χ3v) is 3.64. The number of nitrogens with zero attached hydrogens (tertiary/aromatic N) is 2. The van der Waals surface area contributed by atoms with Crippen LogP contribution in [0.2, 0.25) is 0 Å². The van der Waals surface area contributed by atoms with Crippen LogP contribution in [-0.4, -0.2) is 22.2 Å². The van der Waals surface area contributed by atoms with Crippen LogP contribution in [0.5, 0.6) is 0 Å². The van der Waals surface area contributed by atoms with Gasteiger partial charge in [0.05, 0.1) is 18.3 Å². The molecular weight excluding hydrogens is 238 g/mol. The minimum Gasteiger partial charge on any atom is -0.356 e. The van der Waals surface area contributed by atoms with Gasteiger partial charge in [-0.1, -0.05) is 12.1 Å². The molecule has 0 aliphatic heterocycles. The van der Waals surface area contributed by atoms with E-state index in [0.717, 1.165) is 23.4 Å². The molecule has 1 saturated carbocycles. The van der Waals surface area contributed by atoms with Crippen molar-refractivity contribution in [3.8, 4) is 0 Å². The van der Waals surface area contributed by atoms with Gasteiger partial charge in [0.15, 0.2) is 0 Å². The highest BCUT2D eigenvalue weighted by Crippen LogP contribution is 2.27. The largest absolute Gasteiger partial charge is 0.356 e. The Labute approximate surface area is 112 Å². The van der Waals surface area contributed by atoms with Crippen molar-refractivity contribution >= 4 is 16.8 Å². The van der Waals surface area contributed by atoms with Gasteiger partial charge in [-0.15, -0.1) is 0 Å². The van der Waals surface area contributed by atoms with Gasteiger partial charge in [0, 0.05) is 18.4 Å². The van der Waals surface area contributed by atoms with Gasteiger partial charge in [-0.3, -0.25) is 9.48 Å². The molecule has 4 nitrogen and oxygen atoms in total. The maximum absolute atomic E-state index is 11.7. The minimum absolute atomic E-state index is 0.128. The van der Waals surface area contributed by atoms with Crippen molar-refractivity contribution < 1.29 is 4.79 Å². The van der Waals surface area contributed by atoms with E-state index in [1.807, 2.05) is 10.9 Å². The van der Waals surface area contributed by atoms with Crippen molar-refractivity contribution in [3.63, 3.8) is 0 Å². The number of amides is 1. The predicted molar refractivity (Wildman–Crippen MR) is 74.8 cm³/mol. The zero-order valence-electron chi connectivity index (χ0n) is 11.2. The van der Waals surface area contributed by atoms with E-state index in [-0.39, 0.29) is 5.91 Å². The second-order valence-electron chi connectivity index (χ2n) is 5.43. The lowest BCUT2D eigenvalue weighted by Gasteiger charge is -2.05. The smallest absolute Gasteiger partial charge is 0.221 e. The molecule has 1 aliphatic carbocycles. The van der Waals surface area contributed by atoms with Crippen LogP contribution in [0.3, 0.4) is 0 Å². The summed E-state index contributed by atoms with van der Waals surface area (Å²) in [4.78, 5) is 11.7. The van der Waals surface area contributed by atoms with Crippen LogP contribution in [0, 0.1) is 12.8 Å². The number of carbonyl (C=O) groups excluding carboxylic acids is 1. The Balaban J connectivity index is 1.61. The molecule has 2 aromatic rings. The number of carbonyl (C=O) groups is 1. The van der Waals surface area contributed by atoms with Gasteiger partial charge >= 0.3 is 0 Å². The van der Waals surface area contributed by atoms with Gasteiger partial charge in [0.25, 0.3) is 0 Å². The first kappa shape index (κ1) is 12.2. The Morgan fingerprint density at radius 3 is 3.11 bits per heavy atom. The molecule has 3 rings (SSSR count). The van der Waals surface area contributed by atoms with Crippen molar-refractivity contribution in [2.75, 3.05) is 6.54 Å². The quantitative estimate of drug-likeness (QED) is 0.893. The Kier molecular flexibility index (Phi) is 3.23. The lowest BCUT2D eigenvalue weighted by molar-refractivity contribution is -0.121. The van der Waals surface area contributed by atoms with Gasteiger partial charge in [0.2, 0.25) is 5.91 Å². The standard InChI is InChI=1S/C15H19N3O/c1-11-2-5-13-10-17-18(14(13)8-11)7-6-15(19)16-9-12-3-4-12/h2,5,8,10,12H,3-4,6-7,9H2,1H3,(H,16,19). The number of benzene rings is 1. The highest BCUT2D eigenvalue weighted by molar-refractivity contribution is 5.80. The van der Waals surface area contributed by atoms with Crippen molar-refractivity contribution in [2.45, 2.75) is 32.7 Å². The average molecular weight is 257 g/mol. The van der Waals surface area contributed by atoms with Crippen molar-refractivity contribution in [1.29, 1.82) is 0 Å². The van der Waals surface area contributed by atoms with Crippen LogP contribution < -0.4 is 5.32 Å². The summed E-state index contributed by atoms with van der Waals surface area (Å²) in [5.74, 6) is 0.861. The summed E-state index contributed by atoms with van der Waals surface area (Å²) in [6.45, 7) is 3.56. The molecule has 1 fully saturated rings. The SMILES string of the molecule is Cc1ccc2cnn(CCC(=O)NCC3CC3)c2c1. The Bertz CT molecular complexity index is 598. The monoisotopic (exact) mass is 257 g/mol. The molecule has 1 heterocycles. The van der Waals surface area contributed by atoms with Crippen LogP contribution in [0.1, 0.15) is 24.8 Å². The van der Waals surface area contributed by atoms with Crippen molar-refractivity contribution in [1.82, 2.24) is 15.1 Å². The third kappa shape index (κ3) is 2.95. The number of nitrogens with one attached hydrogen (secondary N) is 1. The maximum atomic E-state index is 11.7. The second kappa shape index (κ2) is 5.03. The van der Waals surface area contributed by atoms with Crippen LogP contribution in [0.4, 0.5) is 0 Å². The first-order valence-corrected chi connectivity index (χ1v) is 6.91. The second-order valence-corrected chi connectivity index (χ2v) is 5.43. The number of aryl methyl sites for hydroxylation is 2. The van der Waals surface area contributed by atoms with E-state index < -0.39 is 0 Å². The Morgan fingerprint density at radius 1 is 1.47 bits per heavy atom. The fraction of sp³-hybridized carbons (Fsp3) is 0.467. The summed E-state index contributed by atoms with van der Waals surface area (Å²) >= 11 is 0. The third-order valence-electron chi connectivity index (χ3n) is 3.64. The minimum atomic E-state index is 0.128. The number of hydrogen-bond donors (Lipinski definition) is 1. The normalized spacial score (nSPS) is 14.8.